The number of likely N-dealkylation sites (tertiary alicyclic amines) is 1. The van der Waals surface area contributed by atoms with Gasteiger partial charge >= 0.3 is 0 Å². The van der Waals surface area contributed by atoms with Gasteiger partial charge in [-0.25, -0.2) is 0 Å². The van der Waals surface area contributed by atoms with E-state index in [4.69, 9.17) is 0 Å². The fourth-order valence-electron chi connectivity index (χ4n) is 4.77. The van der Waals surface area contributed by atoms with E-state index in [1.54, 1.807) is 9.80 Å². The Hall–Kier alpha value is -1.94. The topological polar surface area (TPSA) is 8.88 Å². The molecule has 4 rings (SSSR count). The third-order valence-electron chi connectivity index (χ3n) is 6.52. The smallest absolute Gasteiger partial charge is 0.104 e. The van der Waals surface area contributed by atoms with Crippen LogP contribution in [0, 0.1) is 0 Å². The van der Waals surface area contributed by atoms with Crippen molar-refractivity contribution in [2.45, 2.75) is 38.4 Å². The molecule has 0 saturated carbocycles. The Bertz CT molecular complexity index is 889. The van der Waals surface area contributed by atoms with Crippen LogP contribution >= 0.6 is 15.9 Å². The molecule has 1 heterocycles. The SMILES string of the molecule is Brc1ccccc1C[NH+]1CCC([NH+](CCc2ccccc2)Cc2ccccc2)CC1. The Morgan fingerprint density at radius 2 is 1.37 bits per heavy atom. The lowest BCUT2D eigenvalue weighted by Crippen LogP contribution is -3.19. The van der Waals surface area contributed by atoms with Crippen molar-refractivity contribution in [3.05, 3.63) is 106 Å². The van der Waals surface area contributed by atoms with Crippen LogP contribution in [0.15, 0.2) is 89.4 Å². The predicted octanol–water partition coefficient (Wildman–Crippen LogP) is 3.32. The number of hydrogen-bond donors (Lipinski definition) is 2. The highest BCUT2D eigenvalue weighted by molar-refractivity contribution is 9.10. The molecule has 3 aromatic carbocycles. The Kier molecular flexibility index (Phi) is 7.74. The number of benzene rings is 3. The molecule has 1 fully saturated rings. The number of piperidine rings is 1. The predicted molar refractivity (Wildman–Crippen MR) is 128 cm³/mol. The van der Waals surface area contributed by atoms with Crippen LogP contribution in [0.3, 0.4) is 0 Å². The van der Waals surface area contributed by atoms with Crippen molar-refractivity contribution in [1.82, 2.24) is 0 Å². The molecule has 0 spiro atoms. The number of halogens is 1. The van der Waals surface area contributed by atoms with Gasteiger partial charge in [0, 0.05) is 34.9 Å². The number of quaternary nitrogens is 2. The number of hydrogen-bond acceptors (Lipinski definition) is 0. The summed E-state index contributed by atoms with van der Waals surface area (Å²) >= 11 is 3.72. The summed E-state index contributed by atoms with van der Waals surface area (Å²) in [7, 11) is 0. The lowest BCUT2D eigenvalue weighted by Gasteiger charge is -2.34. The summed E-state index contributed by atoms with van der Waals surface area (Å²) in [5, 5.41) is 0. The van der Waals surface area contributed by atoms with Crippen LogP contribution < -0.4 is 9.80 Å². The summed E-state index contributed by atoms with van der Waals surface area (Å²) in [6, 6.07) is 31.5. The van der Waals surface area contributed by atoms with E-state index in [9.17, 15) is 0 Å². The van der Waals surface area contributed by atoms with E-state index < -0.39 is 0 Å². The molecule has 1 saturated heterocycles. The summed E-state index contributed by atoms with van der Waals surface area (Å²) in [5.74, 6) is 0. The molecule has 0 amide bonds. The maximum atomic E-state index is 3.72. The molecule has 3 heteroatoms. The molecule has 1 aliphatic heterocycles. The van der Waals surface area contributed by atoms with Gasteiger partial charge < -0.3 is 9.80 Å². The van der Waals surface area contributed by atoms with Crippen LogP contribution in [-0.4, -0.2) is 25.7 Å². The van der Waals surface area contributed by atoms with Gasteiger partial charge in [-0.05, 0) is 11.6 Å². The van der Waals surface area contributed by atoms with Crippen LogP contribution in [0.4, 0.5) is 0 Å². The highest BCUT2D eigenvalue weighted by Crippen LogP contribution is 2.14. The van der Waals surface area contributed by atoms with E-state index in [1.165, 1.54) is 53.6 Å². The van der Waals surface area contributed by atoms with Crippen LogP contribution in [0.5, 0.6) is 0 Å². The first-order chi connectivity index (χ1) is 14.8. The fourth-order valence-corrected chi connectivity index (χ4v) is 5.19. The van der Waals surface area contributed by atoms with Gasteiger partial charge in [-0.2, -0.15) is 0 Å². The average molecular weight is 465 g/mol. The standard InChI is InChI=1S/C27H31BrN2/c28-27-14-8-7-13-25(27)22-29-18-16-26(17-19-29)30(21-24-11-5-2-6-12-24)20-15-23-9-3-1-4-10-23/h1-14,26H,15-22H2/p+2. The van der Waals surface area contributed by atoms with E-state index >= 15 is 0 Å². The van der Waals surface area contributed by atoms with E-state index in [0.29, 0.717) is 0 Å². The third-order valence-corrected chi connectivity index (χ3v) is 7.29. The monoisotopic (exact) mass is 464 g/mol. The molecule has 1 atom stereocenters. The summed E-state index contributed by atoms with van der Waals surface area (Å²) in [6.45, 7) is 6.03. The normalized spacial score (nSPS) is 20.0. The van der Waals surface area contributed by atoms with Crippen molar-refractivity contribution in [2.24, 2.45) is 0 Å². The highest BCUT2D eigenvalue weighted by atomic mass is 79.9. The maximum absolute atomic E-state index is 3.72. The van der Waals surface area contributed by atoms with Crippen LogP contribution in [0.25, 0.3) is 0 Å². The van der Waals surface area contributed by atoms with Gasteiger partial charge in [0.15, 0.2) is 0 Å². The molecular formula is C27H33BrN2+2. The quantitative estimate of drug-likeness (QED) is 0.505. The third kappa shape index (κ3) is 6.04. The van der Waals surface area contributed by atoms with E-state index in [-0.39, 0.29) is 0 Å². The van der Waals surface area contributed by atoms with Crippen molar-refractivity contribution in [3.8, 4) is 0 Å². The molecule has 0 aromatic heterocycles. The Balaban J connectivity index is 1.37. The molecule has 2 nitrogen and oxygen atoms in total. The van der Waals surface area contributed by atoms with Gasteiger partial charge in [-0.15, -0.1) is 0 Å². The van der Waals surface area contributed by atoms with Crippen molar-refractivity contribution >= 4 is 15.9 Å². The Morgan fingerprint density at radius 1 is 0.767 bits per heavy atom. The molecule has 0 radical (unpaired) electrons. The van der Waals surface area contributed by atoms with Gasteiger partial charge in [-0.1, -0.05) is 94.8 Å². The molecule has 1 aliphatic rings. The average Bonchev–Trinajstić information content (AvgIpc) is 2.80. The van der Waals surface area contributed by atoms with E-state index in [0.717, 1.165) is 25.6 Å². The van der Waals surface area contributed by atoms with E-state index in [1.807, 2.05) is 0 Å². The second-order valence-corrected chi connectivity index (χ2v) is 9.45. The van der Waals surface area contributed by atoms with Crippen molar-refractivity contribution < 1.29 is 9.80 Å². The van der Waals surface area contributed by atoms with Crippen molar-refractivity contribution in [2.75, 3.05) is 19.6 Å². The molecular weight excluding hydrogens is 432 g/mol. The molecule has 30 heavy (non-hydrogen) atoms. The minimum absolute atomic E-state index is 0.761. The molecule has 0 bridgehead atoms. The molecule has 2 N–H and O–H groups in total. The van der Waals surface area contributed by atoms with Crippen LogP contribution in [0.1, 0.15) is 29.5 Å². The highest BCUT2D eigenvalue weighted by Gasteiger charge is 2.30. The molecule has 0 aliphatic carbocycles. The van der Waals surface area contributed by atoms with Gasteiger partial charge in [-0.3, -0.25) is 0 Å². The fraction of sp³-hybridized carbons (Fsp3) is 0.333. The van der Waals surface area contributed by atoms with Crippen molar-refractivity contribution in [3.63, 3.8) is 0 Å². The largest absolute Gasteiger partial charge is 0.331 e. The van der Waals surface area contributed by atoms with Crippen molar-refractivity contribution in [1.29, 1.82) is 0 Å². The lowest BCUT2D eigenvalue weighted by atomic mass is 10.0. The number of rotatable bonds is 8. The Labute approximate surface area is 189 Å². The molecule has 156 valence electrons. The second-order valence-electron chi connectivity index (χ2n) is 8.60. The second kappa shape index (κ2) is 10.9. The summed E-state index contributed by atoms with van der Waals surface area (Å²) in [5.41, 5.74) is 4.35. The van der Waals surface area contributed by atoms with Gasteiger partial charge in [0.05, 0.1) is 25.7 Å². The van der Waals surface area contributed by atoms with Gasteiger partial charge in [0.2, 0.25) is 0 Å². The lowest BCUT2D eigenvalue weighted by molar-refractivity contribution is -0.970. The first kappa shape index (κ1) is 21.3. The maximum Gasteiger partial charge on any atom is 0.104 e. The Morgan fingerprint density at radius 3 is 2.03 bits per heavy atom. The van der Waals surface area contributed by atoms with Gasteiger partial charge in [0.25, 0.3) is 0 Å². The zero-order chi connectivity index (χ0) is 20.6. The summed E-state index contributed by atoms with van der Waals surface area (Å²) in [4.78, 5) is 3.48. The molecule has 3 aromatic rings. The zero-order valence-corrected chi connectivity index (χ0v) is 19.3. The summed E-state index contributed by atoms with van der Waals surface area (Å²) < 4.78 is 1.25. The van der Waals surface area contributed by atoms with E-state index in [2.05, 4.69) is 101 Å². The minimum Gasteiger partial charge on any atom is -0.331 e. The van der Waals surface area contributed by atoms with Crippen LogP contribution in [0.2, 0.25) is 0 Å². The minimum atomic E-state index is 0.761. The summed E-state index contributed by atoms with van der Waals surface area (Å²) in [6.07, 6.45) is 3.79. The van der Waals surface area contributed by atoms with Gasteiger partial charge in [0.1, 0.15) is 13.1 Å². The zero-order valence-electron chi connectivity index (χ0n) is 17.7. The number of nitrogens with one attached hydrogen (secondary N) is 2. The first-order valence-electron chi connectivity index (χ1n) is 11.3. The first-order valence-corrected chi connectivity index (χ1v) is 12.1. The van der Waals surface area contributed by atoms with Crippen LogP contribution in [-0.2, 0) is 19.5 Å². The molecule has 1 unspecified atom stereocenters.